The van der Waals surface area contributed by atoms with Gasteiger partial charge in [0.1, 0.15) is 6.10 Å². The third-order valence-corrected chi connectivity index (χ3v) is 12.7. The first-order chi connectivity index (χ1) is 20.5. The first kappa shape index (κ1) is 35.0. The van der Waals surface area contributed by atoms with E-state index in [0.29, 0.717) is 16.7 Å². The molecule has 4 rings (SSSR count). The van der Waals surface area contributed by atoms with E-state index in [4.69, 9.17) is 14.2 Å². The minimum atomic E-state index is -0.666. The predicted octanol–water partition coefficient (Wildman–Crippen LogP) is 9.20. The summed E-state index contributed by atoms with van der Waals surface area (Å²) in [4.78, 5) is 36.5. The molecular weight excluding hydrogens is 552 g/mol. The fourth-order valence-electron chi connectivity index (χ4n) is 10.3. The lowest BCUT2D eigenvalue weighted by atomic mass is 9.41. The number of hydrogen-bond donors (Lipinski definition) is 0. The summed E-state index contributed by atoms with van der Waals surface area (Å²) in [5.41, 5.74) is 1.78. The van der Waals surface area contributed by atoms with Crippen molar-refractivity contribution in [3.05, 3.63) is 11.6 Å². The van der Waals surface area contributed by atoms with E-state index in [2.05, 4.69) is 47.6 Å². The molecule has 0 saturated heterocycles. The van der Waals surface area contributed by atoms with Crippen molar-refractivity contribution < 1.29 is 28.6 Å². The van der Waals surface area contributed by atoms with E-state index in [1.54, 1.807) is 20.8 Å². The van der Waals surface area contributed by atoms with Gasteiger partial charge >= 0.3 is 17.9 Å². The van der Waals surface area contributed by atoms with Crippen molar-refractivity contribution >= 4 is 17.9 Å². The molecular formula is C38H62O6. The van der Waals surface area contributed by atoms with Gasteiger partial charge in [-0.2, -0.15) is 0 Å². The summed E-state index contributed by atoms with van der Waals surface area (Å²) in [5.74, 6) is 2.55. The second-order valence-electron chi connectivity index (χ2n) is 17.2. The van der Waals surface area contributed by atoms with E-state index in [1.807, 2.05) is 0 Å². The van der Waals surface area contributed by atoms with Gasteiger partial charge in [0.05, 0.1) is 18.3 Å². The molecule has 3 saturated carbocycles. The van der Waals surface area contributed by atoms with Crippen molar-refractivity contribution in [2.45, 2.75) is 152 Å². The van der Waals surface area contributed by atoms with Gasteiger partial charge in [-0.1, -0.05) is 72.5 Å². The van der Waals surface area contributed by atoms with Gasteiger partial charge < -0.3 is 14.2 Å². The molecule has 6 heteroatoms. The van der Waals surface area contributed by atoms with Crippen LogP contribution < -0.4 is 0 Å². The fraction of sp³-hybridized carbons (Fsp3) is 0.868. The Labute approximate surface area is 267 Å². The van der Waals surface area contributed by atoms with E-state index in [1.165, 1.54) is 50.5 Å². The zero-order chi connectivity index (χ0) is 32.5. The van der Waals surface area contributed by atoms with Gasteiger partial charge in [0.25, 0.3) is 0 Å². The van der Waals surface area contributed by atoms with Crippen LogP contribution in [0.4, 0.5) is 0 Å². The van der Waals surface area contributed by atoms with Crippen LogP contribution in [0.3, 0.4) is 0 Å². The highest BCUT2D eigenvalue weighted by molar-refractivity contribution is 5.78. The number of hydrogen-bond acceptors (Lipinski definition) is 6. The number of allylic oxidation sites excluding steroid dienone is 1. The predicted molar refractivity (Wildman–Crippen MR) is 173 cm³/mol. The monoisotopic (exact) mass is 614 g/mol. The van der Waals surface area contributed by atoms with Gasteiger partial charge in [-0.25, -0.2) is 0 Å². The quantitative estimate of drug-likeness (QED) is 0.131. The van der Waals surface area contributed by atoms with Gasteiger partial charge in [0.15, 0.2) is 0 Å². The molecule has 0 aromatic rings. The molecule has 0 aromatic heterocycles. The Morgan fingerprint density at radius 2 is 1.57 bits per heavy atom. The highest BCUT2D eigenvalue weighted by Crippen LogP contribution is 2.72. The van der Waals surface area contributed by atoms with Gasteiger partial charge in [0, 0.05) is 6.42 Å². The minimum absolute atomic E-state index is 0.0309. The van der Waals surface area contributed by atoms with E-state index < -0.39 is 24.1 Å². The lowest BCUT2D eigenvalue weighted by Crippen LogP contribution is -2.56. The van der Waals surface area contributed by atoms with Crippen LogP contribution >= 0.6 is 0 Å². The Balaban J connectivity index is 1.30. The number of carbonyl (C=O) groups is 3. The molecule has 0 aromatic carbocycles. The summed E-state index contributed by atoms with van der Waals surface area (Å²) < 4.78 is 15.8. The molecule has 4 aliphatic rings. The number of ether oxygens (including phenoxy) is 3. The maximum absolute atomic E-state index is 12.7. The second-order valence-corrected chi connectivity index (χ2v) is 17.2. The third kappa shape index (κ3) is 7.25. The van der Waals surface area contributed by atoms with Crippen LogP contribution in [0.15, 0.2) is 11.6 Å². The summed E-state index contributed by atoms with van der Waals surface area (Å²) in [7, 11) is 0. The molecule has 0 spiro atoms. The maximum Gasteiger partial charge on any atom is 0.314 e. The third-order valence-electron chi connectivity index (χ3n) is 12.7. The molecule has 0 N–H and O–H groups in total. The number of esters is 3. The molecule has 250 valence electrons. The molecule has 6 nitrogen and oxygen atoms in total. The van der Waals surface area contributed by atoms with E-state index in [9.17, 15) is 14.4 Å². The van der Waals surface area contributed by atoms with Gasteiger partial charge in [-0.3, -0.25) is 14.4 Å². The lowest BCUT2D eigenvalue weighted by molar-refractivity contribution is -0.174. The Morgan fingerprint density at radius 1 is 0.864 bits per heavy atom. The standard InChI is InChI=1S/C38H62O6/c1-25(2)11-10-12-26(3)29-13-14-30-37(29,8)22-19-31-36(7)21-18-28(23-27(36)17-20-38(30,31)9)44-33(40)16-15-32(39)42-24-43-34(41)35(4,5)6/h17,25-26,28-31H,10-16,18-24H2,1-9H3/t26-,28+,29-,30-,31-,36+,37-,38+/m1/s1. The molecule has 0 radical (unpaired) electrons. The molecule has 0 aliphatic heterocycles. The van der Waals surface area contributed by atoms with Crippen LogP contribution in [0.25, 0.3) is 0 Å². The number of carbonyl (C=O) groups excluding carboxylic acids is 3. The van der Waals surface area contributed by atoms with Gasteiger partial charge in [-0.15, -0.1) is 0 Å². The smallest absolute Gasteiger partial charge is 0.314 e. The largest absolute Gasteiger partial charge is 0.462 e. The number of rotatable bonds is 11. The first-order valence-corrected chi connectivity index (χ1v) is 17.7. The van der Waals surface area contributed by atoms with Crippen LogP contribution in [0, 0.1) is 51.2 Å². The van der Waals surface area contributed by atoms with Gasteiger partial charge in [-0.05, 0) is 112 Å². The average molecular weight is 615 g/mol. The van der Waals surface area contributed by atoms with Crippen molar-refractivity contribution in [3.8, 4) is 0 Å². The number of fused-ring (bicyclic) bond motifs is 5. The summed E-state index contributed by atoms with van der Waals surface area (Å²) in [6, 6.07) is 0. The van der Waals surface area contributed by atoms with Crippen molar-refractivity contribution in [3.63, 3.8) is 0 Å². The van der Waals surface area contributed by atoms with Crippen molar-refractivity contribution in [2.75, 3.05) is 6.79 Å². The minimum Gasteiger partial charge on any atom is -0.462 e. The summed E-state index contributed by atoms with van der Waals surface area (Å²) in [5, 5.41) is 0. The summed E-state index contributed by atoms with van der Waals surface area (Å²) in [6.45, 7) is 19.8. The van der Waals surface area contributed by atoms with Crippen molar-refractivity contribution in [1.82, 2.24) is 0 Å². The molecule has 8 atom stereocenters. The molecule has 0 bridgehead atoms. The van der Waals surface area contributed by atoms with Crippen LogP contribution in [0.1, 0.15) is 146 Å². The molecule has 0 amide bonds. The molecule has 0 heterocycles. The van der Waals surface area contributed by atoms with Gasteiger partial charge in [0.2, 0.25) is 6.79 Å². The highest BCUT2D eigenvalue weighted by Gasteiger charge is 2.64. The Kier molecular flexibility index (Phi) is 10.7. The SMILES string of the molecule is CC(C)CCC[C@@H](C)[C@H]1CC[C@@H]2[C@]1(C)CC[C@H]1[C@@]2(C)CC=C2C[C@@H](OC(=O)CCC(=O)OCOC(=O)C(C)(C)C)CC[C@@]21C. The zero-order valence-electron chi connectivity index (χ0n) is 29.4. The molecule has 3 fully saturated rings. The normalized spacial score (nSPS) is 35.5. The molecule has 44 heavy (non-hydrogen) atoms. The van der Waals surface area contributed by atoms with E-state index >= 15 is 0 Å². The average Bonchev–Trinajstić information content (AvgIpc) is 3.29. The zero-order valence-corrected chi connectivity index (χ0v) is 29.4. The first-order valence-electron chi connectivity index (χ1n) is 17.7. The Hall–Kier alpha value is -1.85. The highest BCUT2D eigenvalue weighted by atomic mass is 16.7. The van der Waals surface area contributed by atoms with Crippen LogP contribution in [-0.2, 0) is 28.6 Å². The summed E-state index contributed by atoms with van der Waals surface area (Å²) in [6.07, 6.45) is 15.7. The summed E-state index contributed by atoms with van der Waals surface area (Å²) >= 11 is 0. The topological polar surface area (TPSA) is 78.9 Å². The van der Waals surface area contributed by atoms with Crippen LogP contribution in [-0.4, -0.2) is 30.8 Å². The maximum atomic E-state index is 12.7. The van der Waals surface area contributed by atoms with E-state index in [-0.39, 0.29) is 30.3 Å². The van der Waals surface area contributed by atoms with E-state index in [0.717, 1.165) is 49.4 Å². The van der Waals surface area contributed by atoms with Crippen molar-refractivity contribution in [2.24, 2.45) is 51.2 Å². The van der Waals surface area contributed by atoms with Crippen LogP contribution in [0.2, 0.25) is 0 Å². The molecule has 0 unspecified atom stereocenters. The molecule has 4 aliphatic carbocycles. The van der Waals surface area contributed by atoms with Crippen LogP contribution in [0.5, 0.6) is 0 Å². The Bertz CT molecular complexity index is 1090. The second kappa shape index (κ2) is 13.5. The van der Waals surface area contributed by atoms with Crippen molar-refractivity contribution in [1.29, 1.82) is 0 Å². The fourth-order valence-corrected chi connectivity index (χ4v) is 10.3. The Morgan fingerprint density at radius 3 is 2.25 bits per heavy atom. The lowest BCUT2D eigenvalue weighted by Gasteiger charge is -2.63.